The number of hydrogen-bond acceptors (Lipinski definition) is 4. The lowest BCUT2D eigenvalue weighted by atomic mass is 9.96. The summed E-state index contributed by atoms with van der Waals surface area (Å²) in [6.45, 7) is 2.57. The van der Waals surface area contributed by atoms with Gasteiger partial charge in [-0.25, -0.2) is 13.1 Å². The molecule has 0 radical (unpaired) electrons. The Morgan fingerprint density at radius 1 is 1.61 bits per heavy atom. The molecule has 0 saturated carbocycles. The predicted octanol–water partition coefficient (Wildman–Crippen LogP) is 0.0881. The predicted molar refractivity (Wildman–Crippen MR) is 68.6 cm³/mol. The Morgan fingerprint density at radius 2 is 2.44 bits per heavy atom. The van der Waals surface area contributed by atoms with Crippen LogP contribution in [-0.2, 0) is 17.1 Å². The lowest BCUT2D eigenvalue weighted by Gasteiger charge is -2.22. The number of nitrogens with one attached hydrogen (secondary N) is 2. The van der Waals surface area contributed by atoms with Gasteiger partial charge in [-0.05, 0) is 38.3 Å². The number of aromatic nitrogens is 2. The molecule has 1 aromatic heterocycles. The Morgan fingerprint density at radius 3 is 3.06 bits per heavy atom. The van der Waals surface area contributed by atoms with Crippen molar-refractivity contribution < 1.29 is 8.42 Å². The van der Waals surface area contributed by atoms with Crippen molar-refractivity contribution in [3.8, 4) is 0 Å². The molecule has 2 N–H and O–H groups in total. The van der Waals surface area contributed by atoms with E-state index in [9.17, 15) is 8.42 Å². The standard InChI is InChI=1S/C11H20N4O2S/c1-15-9-11(8-13-15)18(16,17)14-6-4-10-3-2-5-12-7-10/h8-10,12,14H,2-7H2,1H3. The van der Waals surface area contributed by atoms with Gasteiger partial charge in [-0.2, -0.15) is 5.10 Å². The van der Waals surface area contributed by atoms with Crippen LogP contribution in [0.25, 0.3) is 0 Å². The highest BCUT2D eigenvalue weighted by Gasteiger charge is 2.17. The van der Waals surface area contributed by atoms with Gasteiger partial charge in [0.2, 0.25) is 10.0 Å². The number of hydrogen-bond donors (Lipinski definition) is 2. The van der Waals surface area contributed by atoms with Crippen molar-refractivity contribution in [2.75, 3.05) is 19.6 Å². The van der Waals surface area contributed by atoms with Gasteiger partial charge < -0.3 is 5.32 Å². The molecule has 0 bridgehead atoms. The van der Waals surface area contributed by atoms with E-state index in [-0.39, 0.29) is 4.90 Å². The molecule has 1 aromatic rings. The first-order chi connectivity index (χ1) is 8.58. The lowest BCUT2D eigenvalue weighted by molar-refractivity contribution is 0.358. The zero-order chi connectivity index (χ0) is 13.0. The van der Waals surface area contributed by atoms with Gasteiger partial charge in [0, 0.05) is 19.8 Å². The molecule has 1 saturated heterocycles. The van der Waals surface area contributed by atoms with E-state index in [2.05, 4.69) is 15.1 Å². The largest absolute Gasteiger partial charge is 0.316 e. The van der Waals surface area contributed by atoms with Crippen LogP contribution in [0, 0.1) is 5.92 Å². The van der Waals surface area contributed by atoms with Crippen molar-refractivity contribution in [3.63, 3.8) is 0 Å². The molecule has 1 atom stereocenters. The van der Waals surface area contributed by atoms with Gasteiger partial charge in [0.25, 0.3) is 0 Å². The summed E-state index contributed by atoms with van der Waals surface area (Å²) in [5.74, 6) is 0.579. The molecule has 0 amide bonds. The fourth-order valence-corrected chi connectivity index (χ4v) is 3.22. The molecule has 0 aliphatic carbocycles. The summed E-state index contributed by atoms with van der Waals surface area (Å²) in [5, 5.41) is 7.20. The van der Waals surface area contributed by atoms with Crippen LogP contribution in [0.15, 0.2) is 17.3 Å². The minimum absolute atomic E-state index is 0.228. The van der Waals surface area contributed by atoms with E-state index < -0.39 is 10.0 Å². The Balaban J connectivity index is 1.82. The van der Waals surface area contributed by atoms with Gasteiger partial charge in [0.15, 0.2) is 0 Å². The van der Waals surface area contributed by atoms with E-state index in [0.29, 0.717) is 12.5 Å². The zero-order valence-corrected chi connectivity index (χ0v) is 11.4. The third-order valence-electron chi connectivity index (χ3n) is 3.24. The summed E-state index contributed by atoms with van der Waals surface area (Å²) in [5.41, 5.74) is 0. The van der Waals surface area contributed by atoms with Crippen LogP contribution in [0.5, 0.6) is 0 Å². The van der Waals surface area contributed by atoms with E-state index in [1.54, 1.807) is 7.05 Å². The summed E-state index contributed by atoms with van der Waals surface area (Å²) in [7, 11) is -1.69. The van der Waals surface area contributed by atoms with Crippen molar-refractivity contribution in [2.24, 2.45) is 13.0 Å². The van der Waals surface area contributed by atoms with Crippen LogP contribution in [0.4, 0.5) is 0 Å². The van der Waals surface area contributed by atoms with Crippen LogP contribution >= 0.6 is 0 Å². The fraction of sp³-hybridized carbons (Fsp3) is 0.727. The van der Waals surface area contributed by atoms with Gasteiger partial charge in [-0.3, -0.25) is 4.68 Å². The van der Waals surface area contributed by atoms with E-state index in [0.717, 1.165) is 19.5 Å². The van der Waals surface area contributed by atoms with Crippen molar-refractivity contribution >= 4 is 10.0 Å². The Hall–Kier alpha value is -0.920. The summed E-state index contributed by atoms with van der Waals surface area (Å²) in [4.78, 5) is 0.228. The molecule has 1 fully saturated rings. The third-order valence-corrected chi connectivity index (χ3v) is 4.65. The molecule has 6 nitrogen and oxygen atoms in total. The lowest BCUT2D eigenvalue weighted by Crippen LogP contribution is -2.33. The highest BCUT2D eigenvalue weighted by atomic mass is 32.2. The molecule has 1 aliphatic rings. The van der Waals surface area contributed by atoms with Gasteiger partial charge >= 0.3 is 0 Å². The first-order valence-corrected chi connectivity index (χ1v) is 7.75. The van der Waals surface area contributed by atoms with Crippen molar-refractivity contribution in [1.29, 1.82) is 0 Å². The smallest absolute Gasteiger partial charge is 0.243 e. The van der Waals surface area contributed by atoms with Crippen molar-refractivity contribution in [3.05, 3.63) is 12.4 Å². The fourth-order valence-electron chi connectivity index (χ4n) is 2.19. The van der Waals surface area contributed by atoms with E-state index in [1.807, 2.05) is 0 Å². The molecule has 2 rings (SSSR count). The summed E-state index contributed by atoms with van der Waals surface area (Å²) >= 11 is 0. The molecule has 2 heterocycles. The first-order valence-electron chi connectivity index (χ1n) is 6.27. The first kappa shape index (κ1) is 13.5. The monoisotopic (exact) mass is 272 g/mol. The van der Waals surface area contributed by atoms with E-state index in [1.165, 1.54) is 29.9 Å². The summed E-state index contributed by atoms with van der Waals surface area (Å²) < 4.78 is 27.9. The second kappa shape index (κ2) is 5.81. The SMILES string of the molecule is Cn1cc(S(=O)(=O)NCCC2CCCNC2)cn1. The number of sulfonamides is 1. The molecule has 1 aliphatic heterocycles. The normalized spacial score (nSPS) is 21.1. The average Bonchev–Trinajstić information content (AvgIpc) is 2.78. The average molecular weight is 272 g/mol. The third kappa shape index (κ3) is 3.54. The quantitative estimate of drug-likeness (QED) is 0.796. The number of aryl methyl sites for hydroxylation is 1. The van der Waals surface area contributed by atoms with Crippen LogP contribution in [0.2, 0.25) is 0 Å². The van der Waals surface area contributed by atoms with Gasteiger partial charge in [-0.15, -0.1) is 0 Å². The molecule has 1 unspecified atom stereocenters. The van der Waals surface area contributed by atoms with Crippen molar-refractivity contribution in [1.82, 2.24) is 19.8 Å². The van der Waals surface area contributed by atoms with Crippen LogP contribution in [-0.4, -0.2) is 37.8 Å². The molecule has 0 aromatic carbocycles. The van der Waals surface area contributed by atoms with Crippen LogP contribution in [0.3, 0.4) is 0 Å². The maximum Gasteiger partial charge on any atom is 0.243 e. The Bertz CT molecular complexity index is 477. The van der Waals surface area contributed by atoms with Crippen LogP contribution < -0.4 is 10.0 Å². The van der Waals surface area contributed by atoms with Gasteiger partial charge in [0.05, 0.1) is 6.20 Å². The topological polar surface area (TPSA) is 76.0 Å². The maximum atomic E-state index is 11.9. The van der Waals surface area contributed by atoms with E-state index in [4.69, 9.17) is 0 Å². The second-order valence-electron chi connectivity index (χ2n) is 4.75. The molecular formula is C11H20N4O2S. The minimum atomic E-state index is -3.39. The number of rotatable bonds is 5. The highest BCUT2D eigenvalue weighted by molar-refractivity contribution is 7.89. The van der Waals surface area contributed by atoms with Gasteiger partial charge in [0.1, 0.15) is 4.90 Å². The Labute approximate surface area is 108 Å². The Kier molecular flexibility index (Phi) is 4.36. The number of piperidine rings is 1. The number of nitrogens with zero attached hydrogens (tertiary/aromatic N) is 2. The summed E-state index contributed by atoms with van der Waals surface area (Å²) in [6.07, 6.45) is 6.11. The summed E-state index contributed by atoms with van der Waals surface area (Å²) in [6, 6.07) is 0. The maximum absolute atomic E-state index is 11.9. The van der Waals surface area contributed by atoms with Gasteiger partial charge in [-0.1, -0.05) is 0 Å². The molecule has 0 spiro atoms. The van der Waals surface area contributed by atoms with Crippen LogP contribution in [0.1, 0.15) is 19.3 Å². The van der Waals surface area contributed by atoms with Crippen molar-refractivity contribution in [2.45, 2.75) is 24.2 Å². The molecule has 18 heavy (non-hydrogen) atoms. The molecule has 7 heteroatoms. The molecular weight excluding hydrogens is 252 g/mol. The zero-order valence-electron chi connectivity index (χ0n) is 10.6. The highest BCUT2D eigenvalue weighted by Crippen LogP contribution is 2.13. The minimum Gasteiger partial charge on any atom is -0.316 e. The molecule has 102 valence electrons. The van der Waals surface area contributed by atoms with E-state index >= 15 is 0 Å². The second-order valence-corrected chi connectivity index (χ2v) is 6.52.